The van der Waals surface area contributed by atoms with Gasteiger partial charge >= 0.3 is 0 Å². The lowest BCUT2D eigenvalue weighted by Gasteiger charge is -2.18. The maximum absolute atomic E-state index is 8.32. The molecule has 0 aliphatic heterocycles. The van der Waals surface area contributed by atoms with Crippen LogP contribution in [0.2, 0.25) is 0 Å². The summed E-state index contributed by atoms with van der Waals surface area (Å²) < 4.78 is 24.1. The fraction of sp³-hybridized carbons (Fsp3) is 0.312. The van der Waals surface area contributed by atoms with E-state index in [9.17, 15) is 0 Å². The lowest BCUT2D eigenvalue weighted by molar-refractivity contribution is 0.411. The third-order valence-electron chi connectivity index (χ3n) is 2.29. The quantitative estimate of drug-likeness (QED) is 0.745. The topological polar surface area (TPSA) is 12.9 Å². The van der Waals surface area contributed by atoms with Crippen molar-refractivity contribution < 1.29 is 4.11 Å². The van der Waals surface area contributed by atoms with Gasteiger partial charge in [-0.05, 0) is 29.5 Å². The maximum Gasteiger partial charge on any atom is 0.0704 e. The summed E-state index contributed by atoms with van der Waals surface area (Å²) in [5.41, 5.74) is 1.77. The number of nitrogens with zero attached hydrogens (tertiary/aromatic N) is 1. The first-order valence-corrected chi connectivity index (χ1v) is 5.75. The predicted molar refractivity (Wildman–Crippen MR) is 72.8 cm³/mol. The molecular weight excluding hydrogens is 206 g/mol. The molecule has 0 saturated heterocycles. The smallest absolute Gasteiger partial charge is 0.0704 e. The molecule has 1 nitrogen and oxygen atoms in total. The number of rotatable bonds is 2. The average Bonchev–Trinajstić information content (AvgIpc) is 2.38. The summed E-state index contributed by atoms with van der Waals surface area (Å²) in [6.45, 7) is 5.67. The van der Waals surface area contributed by atoms with Gasteiger partial charge in [0.15, 0.2) is 0 Å². The molecule has 1 heteroatoms. The van der Waals surface area contributed by atoms with E-state index in [0.29, 0.717) is 11.6 Å². The van der Waals surface area contributed by atoms with Gasteiger partial charge in [-0.3, -0.25) is 4.98 Å². The predicted octanol–water partition coefficient (Wildman–Crippen LogP) is 4.34. The highest BCUT2D eigenvalue weighted by Gasteiger charge is 2.11. The van der Waals surface area contributed by atoms with E-state index in [1.165, 1.54) is 0 Å². The molecule has 1 heterocycles. The van der Waals surface area contributed by atoms with Gasteiger partial charge in [0.1, 0.15) is 0 Å². The molecule has 0 amide bonds. The van der Waals surface area contributed by atoms with Crippen LogP contribution < -0.4 is 0 Å². The van der Waals surface area contributed by atoms with Gasteiger partial charge in [0.2, 0.25) is 0 Å². The van der Waals surface area contributed by atoms with Gasteiger partial charge in [-0.2, -0.15) is 0 Å². The molecule has 0 aliphatic rings. The zero-order valence-corrected chi connectivity index (χ0v) is 10.5. The van der Waals surface area contributed by atoms with Crippen molar-refractivity contribution >= 4 is 0 Å². The number of aromatic nitrogens is 1. The first kappa shape index (κ1) is 8.46. The van der Waals surface area contributed by atoms with Gasteiger partial charge in [-0.1, -0.05) is 51.1 Å². The summed E-state index contributed by atoms with van der Waals surface area (Å²) >= 11 is 0. The zero-order chi connectivity index (χ0) is 15.0. The van der Waals surface area contributed by atoms with E-state index < -0.39 is 11.8 Å². The van der Waals surface area contributed by atoms with Crippen molar-refractivity contribution in [1.82, 2.24) is 4.98 Å². The Morgan fingerprint density at radius 3 is 2.59 bits per heavy atom. The fourth-order valence-corrected chi connectivity index (χ4v) is 1.66. The average molecular weight is 228 g/mol. The Balaban J connectivity index is 2.45. The van der Waals surface area contributed by atoms with E-state index >= 15 is 0 Å². The molecule has 1 aromatic carbocycles. The molecule has 2 aromatic rings. The maximum atomic E-state index is 8.32. The molecule has 88 valence electrons. The minimum absolute atomic E-state index is 0.454. The lowest BCUT2D eigenvalue weighted by atomic mass is 9.88. The molecule has 0 aliphatic carbocycles. The Labute approximate surface area is 108 Å². The standard InChI is InChI=1S/C16H19N/c1-16(2,3)12-13-9-10-17-15(11-13)14-7-5-4-6-8-14/h4-11H,12H2,1-3H3/i4D,12D2. The van der Waals surface area contributed by atoms with Crippen molar-refractivity contribution in [3.05, 3.63) is 54.2 Å². The molecule has 0 atom stereocenters. The van der Waals surface area contributed by atoms with Crippen LogP contribution in [0.1, 0.15) is 30.4 Å². The van der Waals surface area contributed by atoms with Crippen LogP contribution in [0.25, 0.3) is 11.3 Å². The molecule has 17 heavy (non-hydrogen) atoms. The molecule has 2 rings (SSSR count). The van der Waals surface area contributed by atoms with Crippen LogP contribution in [-0.2, 0) is 6.37 Å². The number of pyridine rings is 1. The van der Waals surface area contributed by atoms with E-state index in [1.54, 1.807) is 30.5 Å². The first-order chi connectivity index (χ1) is 9.22. The largest absolute Gasteiger partial charge is 0.256 e. The van der Waals surface area contributed by atoms with Crippen molar-refractivity contribution in [3.63, 3.8) is 0 Å². The van der Waals surface area contributed by atoms with E-state index in [2.05, 4.69) is 4.98 Å². The fourth-order valence-electron chi connectivity index (χ4n) is 1.66. The summed E-state index contributed by atoms with van der Waals surface area (Å²) in [6, 6.07) is 11.1. The summed E-state index contributed by atoms with van der Waals surface area (Å²) in [6.07, 6.45) is 0.211. The van der Waals surface area contributed by atoms with Gasteiger partial charge in [-0.15, -0.1) is 0 Å². The van der Waals surface area contributed by atoms with E-state index in [1.807, 2.05) is 32.9 Å². The molecule has 0 bridgehead atoms. The summed E-state index contributed by atoms with van der Waals surface area (Å²) in [4.78, 5) is 4.31. The number of benzene rings is 1. The lowest BCUT2D eigenvalue weighted by Crippen LogP contribution is -2.09. The van der Waals surface area contributed by atoms with E-state index in [0.717, 1.165) is 11.3 Å². The van der Waals surface area contributed by atoms with Crippen LogP contribution in [-0.4, -0.2) is 4.98 Å². The highest BCUT2D eigenvalue weighted by Crippen LogP contribution is 2.23. The zero-order valence-electron chi connectivity index (χ0n) is 13.5. The van der Waals surface area contributed by atoms with Crippen molar-refractivity contribution in [2.75, 3.05) is 0 Å². The Kier molecular flexibility index (Phi) is 2.34. The molecule has 0 N–H and O–H groups in total. The number of hydrogen-bond acceptors (Lipinski definition) is 1. The normalized spacial score (nSPS) is 14.9. The van der Waals surface area contributed by atoms with Gasteiger partial charge in [0.25, 0.3) is 0 Å². The third kappa shape index (κ3) is 3.42. The second kappa shape index (κ2) is 4.70. The third-order valence-corrected chi connectivity index (χ3v) is 2.29. The van der Waals surface area contributed by atoms with E-state index in [4.69, 9.17) is 4.11 Å². The van der Waals surface area contributed by atoms with Crippen LogP contribution >= 0.6 is 0 Å². The van der Waals surface area contributed by atoms with Crippen molar-refractivity contribution in [3.8, 4) is 11.3 Å². The Bertz CT molecular complexity index is 598. The summed E-state index contributed by atoms with van der Waals surface area (Å²) in [5, 5.41) is 0. The van der Waals surface area contributed by atoms with Crippen LogP contribution in [0.5, 0.6) is 0 Å². The molecule has 0 spiro atoms. The minimum atomic E-state index is -1.43. The summed E-state index contributed by atoms with van der Waals surface area (Å²) in [5.74, 6) is 0. The Morgan fingerprint density at radius 2 is 1.94 bits per heavy atom. The Hall–Kier alpha value is -1.63. The number of hydrogen-bond donors (Lipinski definition) is 0. The van der Waals surface area contributed by atoms with Gasteiger partial charge in [0, 0.05) is 14.5 Å². The molecule has 0 unspecified atom stereocenters. The molecule has 0 fully saturated rings. The molecule has 0 radical (unpaired) electrons. The van der Waals surface area contributed by atoms with Gasteiger partial charge in [-0.25, -0.2) is 0 Å². The van der Waals surface area contributed by atoms with Gasteiger partial charge in [0.05, 0.1) is 7.06 Å². The Morgan fingerprint density at radius 1 is 1.24 bits per heavy atom. The minimum Gasteiger partial charge on any atom is -0.256 e. The van der Waals surface area contributed by atoms with Crippen molar-refractivity contribution in [1.29, 1.82) is 0 Å². The van der Waals surface area contributed by atoms with Crippen LogP contribution in [0, 0.1) is 5.41 Å². The van der Waals surface area contributed by atoms with Crippen molar-refractivity contribution in [2.45, 2.75) is 27.1 Å². The SMILES string of the molecule is [2H]c1ccc(-c2cc(C([2H])([2H])C(C)(C)C)ccn2)cc1. The van der Waals surface area contributed by atoms with Crippen LogP contribution in [0.15, 0.2) is 48.6 Å². The monoisotopic (exact) mass is 228 g/mol. The first-order valence-electron chi connectivity index (χ1n) is 7.25. The van der Waals surface area contributed by atoms with Gasteiger partial charge < -0.3 is 0 Å². The second-order valence-electron chi connectivity index (χ2n) is 5.09. The van der Waals surface area contributed by atoms with Crippen LogP contribution in [0.3, 0.4) is 0 Å². The van der Waals surface area contributed by atoms with Crippen LogP contribution in [0.4, 0.5) is 0 Å². The molecular formula is C16H19N. The van der Waals surface area contributed by atoms with Crippen molar-refractivity contribution in [2.24, 2.45) is 5.41 Å². The molecule has 0 saturated carbocycles. The molecule has 1 aromatic heterocycles. The second-order valence-corrected chi connectivity index (χ2v) is 5.09. The highest BCUT2D eigenvalue weighted by molar-refractivity contribution is 5.59. The summed E-state index contributed by atoms with van der Waals surface area (Å²) in [7, 11) is 0. The van der Waals surface area contributed by atoms with E-state index in [-0.39, 0.29) is 0 Å². The highest BCUT2D eigenvalue weighted by atomic mass is 14.7.